The molecular weight excluding hydrogens is 206 g/mol. The van der Waals surface area contributed by atoms with Crippen molar-refractivity contribution in [2.75, 3.05) is 5.32 Å². The number of hydrogen-bond acceptors (Lipinski definition) is 4. The lowest BCUT2D eigenvalue weighted by atomic mass is 10.2. The molecule has 1 N–H and O–H groups in total. The molecule has 15 heavy (non-hydrogen) atoms. The number of pyridine rings is 1. The number of nitrogens with one attached hydrogen (secondary N) is 1. The Kier molecular flexibility index (Phi) is 2.97. The third-order valence-electron chi connectivity index (χ3n) is 2.05. The summed E-state index contributed by atoms with van der Waals surface area (Å²) in [5, 5.41) is 6.27. The van der Waals surface area contributed by atoms with E-state index < -0.39 is 0 Å². The van der Waals surface area contributed by atoms with E-state index in [4.69, 9.17) is 0 Å². The molecule has 3 nitrogen and oxygen atoms in total. The standard InChI is InChI=1S/C11H13N3S/c1-8(2)10-7-15-11(14-10)13-9-3-5-12-6-4-9/h3-8H,1-2H3,(H,12,13,14). The van der Waals surface area contributed by atoms with Gasteiger partial charge in [-0.05, 0) is 18.1 Å². The molecule has 0 bridgehead atoms. The highest BCUT2D eigenvalue weighted by Gasteiger charge is 2.05. The first-order chi connectivity index (χ1) is 7.25. The van der Waals surface area contributed by atoms with E-state index in [1.165, 1.54) is 0 Å². The molecule has 0 fully saturated rings. The normalized spacial score (nSPS) is 10.6. The van der Waals surface area contributed by atoms with Crippen molar-refractivity contribution in [3.8, 4) is 0 Å². The van der Waals surface area contributed by atoms with Crippen LogP contribution in [-0.2, 0) is 0 Å². The molecule has 0 amide bonds. The summed E-state index contributed by atoms with van der Waals surface area (Å²) in [6, 6.07) is 3.85. The van der Waals surface area contributed by atoms with Gasteiger partial charge in [0.1, 0.15) is 0 Å². The molecule has 2 heterocycles. The predicted molar refractivity (Wildman–Crippen MR) is 63.7 cm³/mol. The van der Waals surface area contributed by atoms with E-state index in [1.807, 2.05) is 12.1 Å². The number of anilines is 2. The highest BCUT2D eigenvalue weighted by Crippen LogP contribution is 2.24. The molecule has 0 aliphatic rings. The van der Waals surface area contributed by atoms with Crippen LogP contribution in [0.1, 0.15) is 25.5 Å². The topological polar surface area (TPSA) is 37.8 Å². The Morgan fingerprint density at radius 3 is 2.60 bits per heavy atom. The van der Waals surface area contributed by atoms with Gasteiger partial charge in [-0.1, -0.05) is 13.8 Å². The van der Waals surface area contributed by atoms with Crippen LogP contribution in [0.25, 0.3) is 0 Å². The van der Waals surface area contributed by atoms with Gasteiger partial charge in [-0.3, -0.25) is 4.98 Å². The minimum atomic E-state index is 0.481. The van der Waals surface area contributed by atoms with E-state index >= 15 is 0 Å². The van der Waals surface area contributed by atoms with Crippen LogP contribution in [0.3, 0.4) is 0 Å². The summed E-state index contributed by atoms with van der Waals surface area (Å²) in [6.07, 6.45) is 3.53. The van der Waals surface area contributed by atoms with Crippen LogP contribution in [-0.4, -0.2) is 9.97 Å². The van der Waals surface area contributed by atoms with Crippen molar-refractivity contribution in [3.63, 3.8) is 0 Å². The van der Waals surface area contributed by atoms with Gasteiger partial charge >= 0.3 is 0 Å². The minimum Gasteiger partial charge on any atom is -0.331 e. The Morgan fingerprint density at radius 2 is 2.00 bits per heavy atom. The predicted octanol–water partition coefficient (Wildman–Crippen LogP) is 3.41. The zero-order chi connectivity index (χ0) is 10.7. The Labute approximate surface area is 93.2 Å². The molecule has 2 aromatic heterocycles. The summed E-state index contributed by atoms with van der Waals surface area (Å²) in [5.41, 5.74) is 2.16. The molecular formula is C11H13N3S. The van der Waals surface area contributed by atoms with Crippen LogP contribution in [0, 0.1) is 0 Å². The van der Waals surface area contributed by atoms with Crippen molar-refractivity contribution in [2.45, 2.75) is 19.8 Å². The van der Waals surface area contributed by atoms with E-state index in [0.29, 0.717) is 5.92 Å². The maximum Gasteiger partial charge on any atom is 0.187 e. The summed E-state index contributed by atoms with van der Waals surface area (Å²) in [7, 11) is 0. The highest BCUT2D eigenvalue weighted by molar-refractivity contribution is 7.13. The van der Waals surface area contributed by atoms with Crippen LogP contribution in [0.15, 0.2) is 29.9 Å². The molecule has 0 saturated carbocycles. The molecule has 0 aliphatic heterocycles. The van der Waals surface area contributed by atoms with E-state index in [-0.39, 0.29) is 0 Å². The quantitative estimate of drug-likeness (QED) is 0.859. The average Bonchev–Trinajstić information content (AvgIpc) is 2.68. The third-order valence-corrected chi connectivity index (χ3v) is 2.82. The first-order valence-electron chi connectivity index (χ1n) is 4.88. The summed E-state index contributed by atoms with van der Waals surface area (Å²) in [4.78, 5) is 8.46. The SMILES string of the molecule is CC(C)c1csc(Nc2ccncc2)n1. The van der Waals surface area contributed by atoms with E-state index in [1.54, 1.807) is 23.7 Å². The number of aromatic nitrogens is 2. The second-order valence-electron chi connectivity index (χ2n) is 3.59. The van der Waals surface area contributed by atoms with E-state index in [9.17, 15) is 0 Å². The molecule has 78 valence electrons. The molecule has 0 aliphatic carbocycles. The van der Waals surface area contributed by atoms with Gasteiger partial charge in [0.2, 0.25) is 0 Å². The summed E-state index contributed by atoms with van der Waals surface area (Å²) >= 11 is 1.63. The van der Waals surface area contributed by atoms with Gasteiger partial charge in [-0.15, -0.1) is 11.3 Å². The third kappa shape index (κ3) is 2.53. The first-order valence-corrected chi connectivity index (χ1v) is 5.76. The van der Waals surface area contributed by atoms with Crippen molar-refractivity contribution >= 4 is 22.2 Å². The molecule has 0 aromatic carbocycles. The lowest BCUT2D eigenvalue weighted by Gasteiger charge is -2.01. The smallest absolute Gasteiger partial charge is 0.187 e. The molecule has 0 unspecified atom stereocenters. The Morgan fingerprint density at radius 1 is 1.27 bits per heavy atom. The lowest BCUT2D eigenvalue weighted by Crippen LogP contribution is -1.91. The van der Waals surface area contributed by atoms with Crippen LogP contribution < -0.4 is 5.32 Å². The van der Waals surface area contributed by atoms with Gasteiger partial charge in [0.15, 0.2) is 5.13 Å². The summed E-state index contributed by atoms with van der Waals surface area (Å²) in [5.74, 6) is 0.481. The maximum absolute atomic E-state index is 4.49. The fourth-order valence-electron chi connectivity index (χ4n) is 1.17. The van der Waals surface area contributed by atoms with Crippen LogP contribution in [0.4, 0.5) is 10.8 Å². The van der Waals surface area contributed by atoms with E-state index in [2.05, 4.69) is 34.5 Å². The average molecular weight is 219 g/mol. The molecule has 2 aromatic rings. The van der Waals surface area contributed by atoms with Crippen molar-refractivity contribution in [2.24, 2.45) is 0 Å². The summed E-state index contributed by atoms with van der Waals surface area (Å²) < 4.78 is 0. The van der Waals surface area contributed by atoms with E-state index in [0.717, 1.165) is 16.5 Å². The fraction of sp³-hybridized carbons (Fsp3) is 0.273. The zero-order valence-electron chi connectivity index (χ0n) is 8.77. The highest BCUT2D eigenvalue weighted by atomic mass is 32.1. The molecule has 0 atom stereocenters. The molecule has 0 spiro atoms. The summed E-state index contributed by atoms with van der Waals surface area (Å²) in [6.45, 7) is 4.29. The molecule has 2 rings (SSSR count). The monoisotopic (exact) mass is 219 g/mol. The maximum atomic E-state index is 4.49. The number of hydrogen-bond donors (Lipinski definition) is 1. The Balaban J connectivity index is 2.12. The van der Waals surface area contributed by atoms with Crippen molar-refractivity contribution in [1.29, 1.82) is 0 Å². The number of nitrogens with zero attached hydrogens (tertiary/aromatic N) is 2. The van der Waals surface area contributed by atoms with Crippen LogP contribution in [0.5, 0.6) is 0 Å². The second-order valence-corrected chi connectivity index (χ2v) is 4.45. The van der Waals surface area contributed by atoms with Crippen LogP contribution >= 0.6 is 11.3 Å². The van der Waals surface area contributed by atoms with Gasteiger partial charge < -0.3 is 5.32 Å². The van der Waals surface area contributed by atoms with Crippen LogP contribution in [0.2, 0.25) is 0 Å². The number of thiazole rings is 1. The Bertz CT molecular complexity index is 422. The van der Waals surface area contributed by atoms with Crippen molar-refractivity contribution in [1.82, 2.24) is 9.97 Å². The van der Waals surface area contributed by atoms with Crippen molar-refractivity contribution < 1.29 is 0 Å². The second kappa shape index (κ2) is 4.40. The molecule has 0 radical (unpaired) electrons. The largest absolute Gasteiger partial charge is 0.331 e. The molecule has 4 heteroatoms. The molecule has 0 saturated heterocycles. The first kappa shape index (κ1) is 10.1. The van der Waals surface area contributed by atoms with Gasteiger partial charge in [-0.25, -0.2) is 4.98 Å². The van der Waals surface area contributed by atoms with Gasteiger partial charge in [0.25, 0.3) is 0 Å². The fourth-order valence-corrected chi connectivity index (χ4v) is 2.06. The van der Waals surface area contributed by atoms with Gasteiger partial charge in [0.05, 0.1) is 5.69 Å². The minimum absolute atomic E-state index is 0.481. The number of rotatable bonds is 3. The zero-order valence-corrected chi connectivity index (χ0v) is 9.58. The Hall–Kier alpha value is -1.42. The van der Waals surface area contributed by atoms with Gasteiger partial charge in [0, 0.05) is 23.5 Å². The van der Waals surface area contributed by atoms with Gasteiger partial charge in [-0.2, -0.15) is 0 Å². The van der Waals surface area contributed by atoms with Crippen molar-refractivity contribution in [3.05, 3.63) is 35.6 Å². The lowest BCUT2D eigenvalue weighted by molar-refractivity contribution is 0.834.